The number of hydrogen-bond acceptors (Lipinski definition) is 8. The van der Waals surface area contributed by atoms with Gasteiger partial charge in [-0.15, -0.1) is 0 Å². The minimum absolute atomic E-state index is 0.221. The number of nitriles is 1. The maximum absolute atomic E-state index is 15.4. The molecule has 1 saturated heterocycles. The fraction of sp³-hybridized carbons (Fsp3) is 0.357. The Hall–Kier alpha value is -3.88. The fourth-order valence-electron chi connectivity index (χ4n) is 4.84. The summed E-state index contributed by atoms with van der Waals surface area (Å²) in [6.45, 7) is 7.10. The van der Waals surface area contributed by atoms with Gasteiger partial charge in [-0.2, -0.15) is 5.26 Å². The van der Waals surface area contributed by atoms with E-state index < -0.39 is 5.82 Å². The van der Waals surface area contributed by atoms with Crippen LogP contribution in [-0.4, -0.2) is 64.8 Å². The number of carbonyl (C=O) groups excluding carboxylic acids is 1. The molecule has 4 aromatic rings. The molecule has 0 spiro atoms. The highest BCUT2D eigenvalue weighted by Gasteiger charge is 2.25. The number of hydrogen-bond donors (Lipinski definition) is 0. The highest BCUT2D eigenvalue weighted by Crippen LogP contribution is 2.37. The van der Waals surface area contributed by atoms with E-state index in [1.54, 1.807) is 16.5 Å². The first-order valence-electron chi connectivity index (χ1n) is 12.9. The van der Waals surface area contributed by atoms with Gasteiger partial charge in [-0.3, -0.25) is 14.1 Å². The topological polar surface area (TPSA) is 80.8 Å². The Kier molecular flexibility index (Phi) is 7.59. The molecule has 5 rings (SSSR count). The van der Waals surface area contributed by atoms with E-state index >= 15 is 4.39 Å². The van der Waals surface area contributed by atoms with Crippen molar-refractivity contribution in [3.63, 3.8) is 0 Å². The Balaban J connectivity index is 1.50. The lowest BCUT2D eigenvalue weighted by Crippen LogP contribution is -2.48. The van der Waals surface area contributed by atoms with Crippen molar-refractivity contribution in [3.05, 3.63) is 58.7 Å². The molecule has 0 radical (unpaired) electrons. The molecule has 0 saturated carbocycles. The molecule has 0 aliphatic carbocycles. The van der Waals surface area contributed by atoms with Gasteiger partial charge in [0.1, 0.15) is 34.1 Å². The Labute approximate surface area is 229 Å². The molecule has 1 aliphatic heterocycles. The van der Waals surface area contributed by atoms with Crippen molar-refractivity contribution >= 4 is 39.4 Å². The van der Waals surface area contributed by atoms with Gasteiger partial charge < -0.3 is 9.80 Å². The summed E-state index contributed by atoms with van der Waals surface area (Å²) in [7, 11) is 1.82. The van der Waals surface area contributed by atoms with Crippen molar-refractivity contribution in [1.82, 2.24) is 19.3 Å². The number of pyridine rings is 1. The number of carbonyl (C=O) groups is 1. The van der Waals surface area contributed by atoms with Crippen LogP contribution in [0.25, 0.3) is 16.9 Å². The molecule has 1 aliphatic rings. The van der Waals surface area contributed by atoms with E-state index in [0.717, 1.165) is 18.8 Å². The van der Waals surface area contributed by atoms with E-state index in [2.05, 4.69) is 20.9 Å². The van der Waals surface area contributed by atoms with Crippen LogP contribution in [0.1, 0.15) is 30.8 Å². The van der Waals surface area contributed by atoms with Crippen molar-refractivity contribution in [2.24, 2.45) is 0 Å². The molecule has 0 atom stereocenters. The highest BCUT2D eigenvalue weighted by molar-refractivity contribution is 7.16. The normalized spacial score (nSPS) is 14.1. The highest BCUT2D eigenvalue weighted by atomic mass is 32.1. The SMILES string of the molecule is CCC(=O)CN1CCN(c2cc(F)c3nc(CC)c(N(C)c4nc(-c5ccc(F)cc5)c(C#N)s4)n3c2)CC1. The third kappa shape index (κ3) is 5.22. The van der Waals surface area contributed by atoms with E-state index in [-0.39, 0.29) is 17.2 Å². The minimum atomic E-state index is -0.422. The predicted octanol–water partition coefficient (Wildman–Crippen LogP) is 5.04. The second-order valence-corrected chi connectivity index (χ2v) is 10.5. The minimum Gasteiger partial charge on any atom is -0.368 e. The summed E-state index contributed by atoms with van der Waals surface area (Å²) >= 11 is 1.22. The van der Waals surface area contributed by atoms with Crippen molar-refractivity contribution in [2.75, 3.05) is 49.6 Å². The van der Waals surface area contributed by atoms with Gasteiger partial charge in [0, 0.05) is 57.5 Å². The molecule has 0 unspecified atom stereocenters. The summed E-state index contributed by atoms with van der Waals surface area (Å²) in [4.78, 5) is 27.6. The molecule has 0 bridgehead atoms. The molecule has 8 nitrogen and oxygen atoms in total. The molecular weight excluding hydrogens is 520 g/mol. The summed E-state index contributed by atoms with van der Waals surface area (Å²) < 4.78 is 30.6. The summed E-state index contributed by atoms with van der Waals surface area (Å²) in [6.07, 6.45) is 2.99. The summed E-state index contributed by atoms with van der Waals surface area (Å²) in [5.74, 6) is 0.105. The molecule has 0 amide bonds. The Morgan fingerprint density at radius 3 is 2.49 bits per heavy atom. The summed E-state index contributed by atoms with van der Waals surface area (Å²) in [5.41, 5.74) is 2.78. The first-order valence-corrected chi connectivity index (χ1v) is 13.7. The van der Waals surface area contributed by atoms with Crippen molar-refractivity contribution in [2.45, 2.75) is 26.7 Å². The number of nitrogens with zero attached hydrogens (tertiary/aromatic N) is 7. The van der Waals surface area contributed by atoms with E-state index in [1.165, 1.54) is 29.5 Å². The average Bonchev–Trinajstić information content (AvgIpc) is 3.55. The first kappa shape index (κ1) is 26.7. The van der Waals surface area contributed by atoms with Gasteiger partial charge >= 0.3 is 0 Å². The number of benzene rings is 1. The average molecular weight is 550 g/mol. The van der Waals surface area contributed by atoms with Crippen LogP contribution in [0.2, 0.25) is 0 Å². The van der Waals surface area contributed by atoms with Crippen molar-refractivity contribution < 1.29 is 13.6 Å². The number of piperazine rings is 1. The summed E-state index contributed by atoms with van der Waals surface area (Å²) in [5, 5.41) is 10.3. The van der Waals surface area contributed by atoms with E-state index in [9.17, 15) is 14.4 Å². The number of ketones is 1. The largest absolute Gasteiger partial charge is 0.368 e. The third-order valence-corrected chi connectivity index (χ3v) is 8.05. The zero-order chi connectivity index (χ0) is 27.7. The summed E-state index contributed by atoms with van der Waals surface area (Å²) in [6, 6.07) is 9.58. The molecule has 39 heavy (non-hydrogen) atoms. The number of rotatable bonds is 8. The molecular formula is C28H29F2N7OS. The lowest BCUT2D eigenvalue weighted by molar-refractivity contribution is -0.119. The number of fused-ring (bicyclic) bond motifs is 1. The number of halogens is 2. The van der Waals surface area contributed by atoms with E-state index in [0.29, 0.717) is 65.3 Å². The Bertz CT molecular complexity index is 1550. The van der Waals surface area contributed by atoms with Crippen LogP contribution in [0.15, 0.2) is 36.5 Å². The van der Waals surface area contributed by atoms with Gasteiger partial charge in [-0.1, -0.05) is 25.2 Å². The fourth-order valence-corrected chi connectivity index (χ4v) is 5.69. The van der Waals surface area contributed by atoms with Gasteiger partial charge in [-0.05, 0) is 30.7 Å². The standard InChI is InChI=1S/C28H29F2N7OS/c1-4-21(38)17-35-10-12-36(13-11-35)20-14-22(30)26-32-23(5-2)27(37(26)16-20)34(3)28-33-25(24(15-31)39-28)18-6-8-19(29)9-7-18/h6-9,14,16H,4-5,10-13,17H2,1-3H3. The van der Waals surface area contributed by atoms with E-state index in [1.807, 2.05) is 32.0 Å². The number of imidazole rings is 1. The zero-order valence-electron chi connectivity index (χ0n) is 22.1. The smallest absolute Gasteiger partial charge is 0.192 e. The predicted molar refractivity (Wildman–Crippen MR) is 149 cm³/mol. The van der Waals surface area contributed by atoms with Crippen LogP contribution in [0.4, 0.5) is 25.4 Å². The third-order valence-electron chi connectivity index (χ3n) is 7.01. The molecule has 11 heteroatoms. The monoisotopic (exact) mass is 549 g/mol. The maximum Gasteiger partial charge on any atom is 0.192 e. The lowest BCUT2D eigenvalue weighted by Gasteiger charge is -2.35. The van der Waals surface area contributed by atoms with Crippen LogP contribution >= 0.6 is 11.3 Å². The van der Waals surface area contributed by atoms with Crippen LogP contribution in [0.3, 0.4) is 0 Å². The quantitative estimate of drug-likeness (QED) is 0.305. The van der Waals surface area contributed by atoms with Crippen LogP contribution in [0.5, 0.6) is 0 Å². The van der Waals surface area contributed by atoms with Gasteiger partial charge in [-0.25, -0.2) is 18.7 Å². The molecule has 3 aromatic heterocycles. The van der Waals surface area contributed by atoms with Crippen LogP contribution in [0, 0.1) is 23.0 Å². The molecule has 0 N–H and O–H groups in total. The number of thiazole rings is 1. The molecule has 4 heterocycles. The molecule has 1 aromatic carbocycles. The van der Waals surface area contributed by atoms with Gasteiger partial charge in [0.15, 0.2) is 16.6 Å². The number of anilines is 3. The first-order chi connectivity index (χ1) is 18.8. The van der Waals surface area contributed by atoms with Crippen molar-refractivity contribution in [1.29, 1.82) is 5.26 Å². The molecule has 202 valence electrons. The zero-order valence-corrected chi connectivity index (χ0v) is 22.9. The number of Topliss-reactive ketones (excluding diaryl/α,β-unsaturated/α-hetero) is 1. The van der Waals surface area contributed by atoms with E-state index in [4.69, 9.17) is 4.98 Å². The second-order valence-electron chi connectivity index (χ2n) is 9.48. The van der Waals surface area contributed by atoms with Crippen LogP contribution in [-0.2, 0) is 11.2 Å². The Morgan fingerprint density at radius 2 is 1.85 bits per heavy atom. The van der Waals surface area contributed by atoms with Gasteiger partial charge in [0.25, 0.3) is 0 Å². The van der Waals surface area contributed by atoms with Gasteiger partial charge in [0.2, 0.25) is 0 Å². The molecule has 1 fully saturated rings. The van der Waals surface area contributed by atoms with Crippen molar-refractivity contribution in [3.8, 4) is 17.3 Å². The lowest BCUT2D eigenvalue weighted by atomic mass is 10.1. The van der Waals surface area contributed by atoms with Crippen LogP contribution < -0.4 is 9.80 Å². The van der Waals surface area contributed by atoms with Gasteiger partial charge in [0.05, 0.1) is 17.9 Å². The number of aromatic nitrogens is 3. The second kappa shape index (κ2) is 11.1. The Morgan fingerprint density at radius 1 is 1.13 bits per heavy atom. The maximum atomic E-state index is 15.4. The number of aryl methyl sites for hydroxylation is 1.